The molecule has 0 aliphatic carbocycles. The number of morpholine rings is 1. The van der Waals surface area contributed by atoms with Gasteiger partial charge in [0.1, 0.15) is 0 Å². The van der Waals surface area contributed by atoms with E-state index in [1.54, 1.807) is 18.3 Å². The van der Waals surface area contributed by atoms with E-state index in [1.807, 2.05) is 31.2 Å². The lowest BCUT2D eigenvalue weighted by Gasteiger charge is -2.23. The van der Waals surface area contributed by atoms with Crippen molar-refractivity contribution in [3.63, 3.8) is 0 Å². The molecule has 4 rings (SSSR count). The number of ether oxygens (including phenoxy) is 2. The summed E-state index contributed by atoms with van der Waals surface area (Å²) in [6.07, 6.45) is 3.07. The number of pyridine rings is 1. The van der Waals surface area contributed by atoms with Crippen molar-refractivity contribution in [2.45, 2.75) is 31.6 Å². The van der Waals surface area contributed by atoms with Gasteiger partial charge in [0.15, 0.2) is 0 Å². The van der Waals surface area contributed by atoms with Crippen molar-refractivity contribution in [2.75, 3.05) is 18.5 Å². The average Bonchev–Trinajstić information content (AvgIpc) is 3.27. The fourth-order valence-electron chi connectivity index (χ4n) is 3.40. The second-order valence-electron chi connectivity index (χ2n) is 6.32. The molecular formula is C19H21N3O3. The average molecular weight is 339 g/mol. The number of carbonyl (C=O) groups excluding carboxylic acids is 1. The van der Waals surface area contributed by atoms with Crippen molar-refractivity contribution >= 4 is 11.6 Å². The lowest BCUT2D eigenvalue weighted by atomic mass is 10.0. The van der Waals surface area contributed by atoms with Gasteiger partial charge in [-0.15, -0.1) is 0 Å². The first-order chi connectivity index (χ1) is 12.2. The molecule has 6 nitrogen and oxygen atoms in total. The summed E-state index contributed by atoms with van der Waals surface area (Å²) in [7, 11) is 0. The van der Waals surface area contributed by atoms with Gasteiger partial charge in [0.05, 0.1) is 30.7 Å². The number of carbonyl (C=O) groups is 1. The second kappa shape index (κ2) is 6.82. The molecule has 2 fully saturated rings. The summed E-state index contributed by atoms with van der Waals surface area (Å²) in [6, 6.07) is 11.5. The van der Waals surface area contributed by atoms with Gasteiger partial charge in [-0.3, -0.25) is 4.79 Å². The topological polar surface area (TPSA) is 72.5 Å². The first kappa shape index (κ1) is 16.1. The van der Waals surface area contributed by atoms with Crippen LogP contribution < -0.4 is 15.4 Å². The molecule has 2 aromatic rings. The highest BCUT2D eigenvalue weighted by Crippen LogP contribution is 2.36. The Morgan fingerprint density at radius 1 is 1.32 bits per heavy atom. The van der Waals surface area contributed by atoms with Crippen molar-refractivity contribution in [3.05, 3.63) is 53.7 Å². The second-order valence-corrected chi connectivity index (χ2v) is 6.32. The van der Waals surface area contributed by atoms with Crippen molar-refractivity contribution in [1.82, 2.24) is 10.3 Å². The van der Waals surface area contributed by atoms with Gasteiger partial charge in [0.25, 0.3) is 5.91 Å². The lowest BCUT2D eigenvalue weighted by Crippen LogP contribution is -2.34. The van der Waals surface area contributed by atoms with Gasteiger partial charge in [-0.2, -0.15) is 0 Å². The molecule has 25 heavy (non-hydrogen) atoms. The van der Waals surface area contributed by atoms with Crippen LogP contribution in [0.2, 0.25) is 0 Å². The highest BCUT2D eigenvalue weighted by Gasteiger charge is 2.41. The minimum atomic E-state index is -0.163. The van der Waals surface area contributed by atoms with Crippen LogP contribution in [0.15, 0.2) is 42.6 Å². The fraction of sp³-hybridized carbons (Fsp3) is 0.368. The molecule has 1 aromatic heterocycles. The van der Waals surface area contributed by atoms with E-state index in [4.69, 9.17) is 9.47 Å². The zero-order chi connectivity index (χ0) is 17.2. The van der Waals surface area contributed by atoms with E-state index in [1.165, 1.54) is 0 Å². The maximum atomic E-state index is 12.4. The maximum absolute atomic E-state index is 12.4. The summed E-state index contributed by atoms with van der Waals surface area (Å²) >= 11 is 0. The number of nitrogens with one attached hydrogen (secondary N) is 2. The van der Waals surface area contributed by atoms with E-state index in [0.717, 1.165) is 18.5 Å². The number of aromatic nitrogens is 1. The highest BCUT2D eigenvalue weighted by molar-refractivity contribution is 6.04. The van der Waals surface area contributed by atoms with Gasteiger partial charge in [0, 0.05) is 24.2 Å². The number of anilines is 1. The zero-order valence-corrected chi connectivity index (χ0v) is 14.1. The van der Waals surface area contributed by atoms with Crippen LogP contribution in [0.1, 0.15) is 35.4 Å². The molecule has 1 aromatic carbocycles. The minimum absolute atomic E-state index is 0.0890. The quantitative estimate of drug-likeness (QED) is 0.876. The van der Waals surface area contributed by atoms with Gasteiger partial charge < -0.3 is 20.1 Å². The smallest absolute Gasteiger partial charge is 0.255 e. The summed E-state index contributed by atoms with van der Waals surface area (Å²) < 4.78 is 11.3. The molecule has 6 heteroatoms. The SMILES string of the molecule is CCOc1ccc(NC(=O)c2ccc(C3OC4CNC3C4)cc2)cn1. The minimum Gasteiger partial charge on any atom is -0.478 e. The van der Waals surface area contributed by atoms with Gasteiger partial charge in [-0.25, -0.2) is 4.98 Å². The Kier molecular flexibility index (Phi) is 4.38. The summed E-state index contributed by atoms with van der Waals surface area (Å²) in [6.45, 7) is 3.41. The molecule has 2 aliphatic rings. The fourth-order valence-corrected chi connectivity index (χ4v) is 3.40. The number of benzene rings is 1. The summed E-state index contributed by atoms with van der Waals surface area (Å²) in [5.74, 6) is 0.383. The van der Waals surface area contributed by atoms with Gasteiger partial charge in [-0.1, -0.05) is 12.1 Å². The molecule has 1 amide bonds. The highest BCUT2D eigenvalue weighted by atomic mass is 16.5. The van der Waals surface area contributed by atoms with Gasteiger partial charge in [-0.05, 0) is 37.1 Å². The number of amides is 1. The number of nitrogens with zero attached hydrogens (tertiary/aromatic N) is 1. The van der Waals surface area contributed by atoms with Gasteiger partial charge in [0.2, 0.25) is 5.88 Å². The third-order valence-corrected chi connectivity index (χ3v) is 4.62. The summed E-state index contributed by atoms with van der Waals surface area (Å²) in [5.41, 5.74) is 2.35. The lowest BCUT2D eigenvalue weighted by molar-refractivity contribution is 0.0160. The van der Waals surface area contributed by atoms with Crippen molar-refractivity contribution in [3.8, 4) is 5.88 Å². The molecule has 3 unspecified atom stereocenters. The largest absolute Gasteiger partial charge is 0.478 e. The standard InChI is InChI=1S/C19H21N3O3/c1-2-24-17-8-7-14(10-21-17)22-19(23)13-5-3-12(4-6-13)18-16-9-15(25-18)11-20-16/h3-8,10,15-16,18,20H,2,9,11H2,1H3,(H,22,23). The molecular weight excluding hydrogens is 318 g/mol. The third kappa shape index (κ3) is 3.36. The summed E-state index contributed by atoms with van der Waals surface area (Å²) in [4.78, 5) is 16.5. The Morgan fingerprint density at radius 3 is 2.76 bits per heavy atom. The Balaban J connectivity index is 1.40. The van der Waals surface area contributed by atoms with E-state index < -0.39 is 0 Å². The Bertz CT molecular complexity index is 746. The zero-order valence-electron chi connectivity index (χ0n) is 14.1. The first-order valence-corrected chi connectivity index (χ1v) is 8.62. The van der Waals surface area contributed by atoms with E-state index in [-0.39, 0.29) is 12.0 Å². The van der Waals surface area contributed by atoms with E-state index in [2.05, 4.69) is 15.6 Å². The normalized spacial score (nSPS) is 24.3. The maximum Gasteiger partial charge on any atom is 0.255 e. The van der Waals surface area contributed by atoms with Gasteiger partial charge >= 0.3 is 0 Å². The molecule has 0 radical (unpaired) electrons. The van der Waals surface area contributed by atoms with Crippen LogP contribution in [0.25, 0.3) is 0 Å². The van der Waals surface area contributed by atoms with Crippen LogP contribution >= 0.6 is 0 Å². The Morgan fingerprint density at radius 2 is 2.16 bits per heavy atom. The first-order valence-electron chi connectivity index (χ1n) is 8.62. The van der Waals surface area contributed by atoms with Crippen LogP contribution in [0, 0.1) is 0 Å². The van der Waals surface area contributed by atoms with E-state index in [0.29, 0.717) is 35.9 Å². The molecule has 3 heterocycles. The molecule has 130 valence electrons. The van der Waals surface area contributed by atoms with Crippen LogP contribution in [0.3, 0.4) is 0 Å². The molecule has 2 saturated heterocycles. The number of rotatable bonds is 5. The van der Waals surface area contributed by atoms with Crippen LogP contribution in [0.5, 0.6) is 5.88 Å². The predicted octanol–water partition coefficient (Wildman–Crippen LogP) is 2.53. The van der Waals surface area contributed by atoms with Crippen molar-refractivity contribution in [1.29, 1.82) is 0 Å². The van der Waals surface area contributed by atoms with E-state index >= 15 is 0 Å². The molecule has 2 N–H and O–H groups in total. The molecule has 0 saturated carbocycles. The van der Waals surface area contributed by atoms with Crippen LogP contribution in [0.4, 0.5) is 5.69 Å². The summed E-state index contributed by atoms with van der Waals surface area (Å²) in [5, 5.41) is 6.31. The van der Waals surface area contributed by atoms with Crippen molar-refractivity contribution in [2.24, 2.45) is 0 Å². The third-order valence-electron chi connectivity index (χ3n) is 4.62. The van der Waals surface area contributed by atoms with E-state index in [9.17, 15) is 4.79 Å². The van der Waals surface area contributed by atoms with Crippen LogP contribution in [-0.2, 0) is 4.74 Å². The Labute approximate surface area is 146 Å². The molecule has 2 aliphatic heterocycles. The van der Waals surface area contributed by atoms with Crippen LogP contribution in [-0.4, -0.2) is 36.2 Å². The monoisotopic (exact) mass is 339 g/mol. The number of fused-ring (bicyclic) bond motifs is 2. The molecule has 0 spiro atoms. The Hall–Kier alpha value is -2.44. The van der Waals surface area contributed by atoms with Crippen molar-refractivity contribution < 1.29 is 14.3 Å². The number of hydrogen-bond acceptors (Lipinski definition) is 5. The predicted molar refractivity (Wildman–Crippen MR) is 93.8 cm³/mol. The molecule has 2 bridgehead atoms. The molecule has 3 atom stereocenters. The number of hydrogen-bond donors (Lipinski definition) is 2.